The molecular weight excluding hydrogens is 512 g/mol. The molecule has 3 fully saturated rings. The number of hydrogen-bond donors (Lipinski definition) is 2. The van der Waals surface area contributed by atoms with Gasteiger partial charge < -0.3 is 29.2 Å². The van der Waals surface area contributed by atoms with E-state index in [2.05, 4.69) is 35.6 Å². The molecule has 1 spiro atoms. The second-order valence-corrected chi connectivity index (χ2v) is 11.9. The van der Waals surface area contributed by atoms with E-state index in [0.29, 0.717) is 19.4 Å². The number of rotatable bonds is 10. The maximum atomic E-state index is 12.5. The Labute approximate surface area is 237 Å². The van der Waals surface area contributed by atoms with Gasteiger partial charge in [0, 0.05) is 24.3 Å². The van der Waals surface area contributed by atoms with Gasteiger partial charge in [0.1, 0.15) is 11.9 Å². The Balaban J connectivity index is 1.26. The number of nitrogens with one attached hydrogen (secondary N) is 1. The summed E-state index contributed by atoms with van der Waals surface area (Å²) in [5, 5.41) is 17.9. The van der Waals surface area contributed by atoms with Crippen molar-refractivity contribution in [3.63, 3.8) is 0 Å². The summed E-state index contributed by atoms with van der Waals surface area (Å²) in [4.78, 5) is 24.4. The van der Waals surface area contributed by atoms with Crippen LogP contribution in [0.5, 0.6) is 0 Å². The number of hydrogen-bond acceptors (Lipinski definition) is 8. The summed E-state index contributed by atoms with van der Waals surface area (Å²) in [5.74, 6) is -0.0315. The molecule has 40 heavy (non-hydrogen) atoms. The smallest absolute Gasteiger partial charge is 0.305 e. The summed E-state index contributed by atoms with van der Waals surface area (Å²) in [6.45, 7) is 8.72. The molecule has 9 heteroatoms. The molecular formula is C31H44N2O7. The Bertz CT molecular complexity index is 1090. The predicted molar refractivity (Wildman–Crippen MR) is 149 cm³/mol. The fourth-order valence-corrected chi connectivity index (χ4v) is 6.01. The maximum Gasteiger partial charge on any atom is 0.305 e. The maximum absolute atomic E-state index is 12.5. The van der Waals surface area contributed by atoms with Gasteiger partial charge in [-0.15, -0.1) is 0 Å². The molecule has 1 amide bonds. The number of nitrogens with zero attached hydrogens (tertiary/aromatic N) is 1. The van der Waals surface area contributed by atoms with Crippen LogP contribution >= 0.6 is 0 Å². The fourth-order valence-electron chi connectivity index (χ4n) is 6.01. The van der Waals surface area contributed by atoms with Crippen LogP contribution < -0.4 is 5.32 Å². The molecule has 2 N–H and O–H groups in total. The summed E-state index contributed by atoms with van der Waals surface area (Å²) in [5.41, 5.74) is 1.37. The number of aromatic nitrogens is 1. The zero-order valence-electron chi connectivity index (χ0n) is 24.2. The summed E-state index contributed by atoms with van der Waals surface area (Å²) < 4.78 is 21.7. The highest BCUT2D eigenvalue weighted by Gasteiger charge is 2.57. The Morgan fingerprint density at radius 2 is 2.08 bits per heavy atom. The number of aliphatic hydroxyl groups is 1. The molecule has 0 radical (unpaired) electrons. The summed E-state index contributed by atoms with van der Waals surface area (Å²) in [6.07, 6.45) is 13.9. The largest absolute Gasteiger partial charge is 0.469 e. The first-order chi connectivity index (χ1) is 19.1. The number of amides is 1. The van der Waals surface area contributed by atoms with E-state index in [1.165, 1.54) is 13.4 Å². The lowest BCUT2D eigenvalue weighted by atomic mass is 9.71. The quantitative estimate of drug-likeness (QED) is 0.190. The van der Waals surface area contributed by atoms with Crippen molar-refractivity contribution in [3.05, 3.63) is 54.0 Å². The second kappa shape index (κ2) is 13.3. The van der Waals surface area contributed by atoms with E-state index in [1.807, 2.05) is 26.8 Å². The van der Waals surface area contributed by atoms with E-state index in [-0.39, 0.29) is 53.8 Å². The fraction of sp³-hybridized carbons (Fsp3) is 0.645. The molecule has 0 bridgehead atoms. The molecule has 1 unspecified atom stereocenters. The summed E-state index contributed by atoms with van der Waals surface area (Å²) >= 11 is 0. The number of aliphatic hydroxyl groups excluding tert-OH is 1. The zero-order chi connectivity index (χ0) is 28.9. The minimum absolute atomic E-state index is 0.0114. The molecule has 3 heterocycles. The van der Waals surface area contributed by atoms with Gasteiger partial charge in [0.15, 0.2) is 0 Å². The molecule has 9 nitrogen and oxygen atoms in total. The van der Waals surface area contributed by atoms with Crippen molar-refractivity contribution in [2.75, 3.05) is 13.7 Å². The number of carbonyl (C=O) groups is 2. The van der Waals surface area contributed by atoms with Crippen LogP contribution in [0.25, 0.3) is 0 Å². The third-order valence-electron chi connectivity index (χ3n) is 8.67. The summed E-state index contributed by atoms with van der Waals surface area (Å²) in [6, 6.07) is 1.73. The number of methoxy groups -OCH3 is 1. The van der Waals surface area contributed by atoms with Gasteiger partial charge in [-0.05, 0) is 57.4 Å². The molecule has 1 aliphatic carbocycles. The van der Waals surface area contributed by atoms with Crippen molar-refractivity contribution in [2.45, 2.75) is 95.7 Å². The van der Waals surface area contributed by atoms with Gasteiger partial charge >= 0.3 is 5.97 Å². The van der Waals surface area contributed by atoms with Gasteiger partial charge in [0.2, 0.25) is 5.91 Å². The molecule has 2 saturated heterocycles. The lowest BCUT2D eigenvalue weighted by molar-refractivity contribution is -0.142. The topological polar surface area (TPSA) is 123 Å². The van der Waals surface area contributed by atoms with Crippen LogP contribution in [-0.2, 0) is 23.8 Å². The monoisotopic (exact) mass is 556 g/mol. The highest BCUT2D eigenvalue weighted by molar-refractivity contribution is 5.87. The lowest BCUT2D eigenvalue weighted by Gasteiger charge is -2.39. The van der Waals surface area contributed by atoms with Gasteiger partial charge in [-0.25, -0.2) is 0 Å². The number of epoxide rings is 1. The van der Waals surface area contributed by atoms with Gasteiger partial charge in [-0.2, -0.15) is 0 Å². The number of esters is 1. The van der Waals surface area contributed by atoms with E-state index in [9.17, 15) is 14.7 Å². The van der Waals surface area contributed by atoms with Gasteiger partial charge in [-0.1, -0.05) is 48.9 Å². The van der Waals surface area contributed by atoms with Crippen LogP contribution in [0.1, 0.15) is 71.4 Å². The third kappa shape index (κ3) is 7.71. The van der Waals surface area contributed by atoms with E-state index in [0.717, 1.165) is 30.5 Å². The lowest BCUT2D eigenvalue weighted by Crippen LogP contribution is -2.50. The minimum Gasteiger partial charge on any atom is -0.469 e. The second-order valence-electron chi connectivity index (χ2n) is 11.9. The first-order valence-electron chi connectivity index (χ1n) is 14.4. The van der Waals surface area contributed by atoms with E-state index in [1.54, 1.807) is 12.1 Å². The van der Waals surface area contributed by atoms with Gasteiger partial charge in [0.25, 0.3) is 0 Å². The first kappa shape index (κ1) is 30.2. The number of ether oxygens (including phenoxy) is 3. The number of allylic oxidation sites excluding steroid dienone is 3. The zero-order valence-corrected chi connectivity index (χ0v) is 24.2. The average Bonchev–Trinajstić information content (AvgIpc) is 3.47. The van der Waals surface area contributed by atoms with Gasteiger partial charge in [0.05, 0.1) is 43.8 Å². The van der Waals surface area contributed by atoms with Crippen molar-refractivity contribution in [1.82, 2.24) is 10.5 Å². The van der Waals surface area contributed by atoms with Gasteiger partial charge in [-0.3, -0.25) is 9.59 Å². The van der Waals surface area contributed by atoms with E-state index < -0.39 is 11.7 Å². The Kier molecular flexibility index (Phi) is 10.0. The first-order valence-corrected chi connectivity index (χ1v) is 14.4. The van der Waals surface area contributed by atoms with Crippen LogP contribution in [0, 0.1) is 17.8 Å². The van der Waals surface area contributed by atoms with Crippen LogP contribution in [0.15, 0.2) is 52.8 Å². The average molecular weight is 557 g/mol. The van der Waals surface area contributed by atoms with Crippen molar-refractivity contribution >= 4 is 11.9 Å². The molecule has 0 aromatic carbocycles. The van der Waals surface area contributed by atoms with Crippen molar-refractivity contribution in [1.29, 1.82) is 0 Å². The Morgan fingerprint density at radius 3 is 2.75 bits per heavy atom. The molecule has 2 aliphatic heterocycles. The summed E-state index contributed by atoms with van der Waals surface area (Å²) in [7, 11) is 1.41. The Morgan fingerprint density at radius 1 is 1.30 bits per heavy atom. The minimum atomic E-state index is -0.569. The highest BCUT2D eigenvalue weighted by atomic mass is 16.6. The van der Waals surface area contributed by atoms with E-state index in [4.69, 9.17) is 18.7 Å². The predicted octanol–water partition coefficient (Wildman–Crippen LogP) is 4.24. The molecule has 1 aromatic heterocycles. The van der Waals surface area contributed by atoms with Crippen LogP contribution in [0.2, 0.25) is 0 Å². The molecule has 1 saturated carbocycles. The molecule has 220 valence electrons. The normalized spacial score (nSPS) is 35.2. The van der Waals surface area contributed by atoms with Crippen LogP contribution in [-0.4, -0.2) is 65.8 Å². The third-order valence-corrected chi connectivity index (χ3v) is 8.67. The molecule has 3 aliphatic rings. The van der Waals surface area contributed by atoms with Crippen molar-refractivity contribution < 1.29 is 33.4 Å². The van der Waals surface area contributed by atoms with E-state index >= 15 is 0 Å². The molecule has 9 atom stereocenters. The SMILES string of the molecule is COC(=O)C[C@H]1C[C@H](/C=C/C(C)=C/C[C@@H]2O[C@H](C)[C@H](NC(=O)/C=C\C(C)c3ccon3)C[C@@H]2C)[C@@H](O)[C@]2(CO2)C1. The molecule has 1 aromatic rings. The Hall–Kier alpha value is -2.75. The standard InChI is InChI=1S/C31H44N2O7/c1-19(6-9-24-15-23(16-29(35)37-5)17-31(18-38-31)30(24)36)7-10-27-21(3)14-26(22(4)40-27)32-28(34)11-8-20(2)25-12-13-39-33-25/h6-9,11-13,20-24,26-27,30,36H,10,14-18H2,1-5H3,(H,32,34)/b9-6+,11-8-,19-7+/t20?,21-,22+,23+,24-,26+,27-,30+,31+/m0/s1. The van der Waals surface area contributed by atoms with Crippen molar-refractivity contribution in [3.8, 4) is 0 Å². The van der Waals surface area contributed by atoms with Crippen LogP contribution in [0.4, 0.5) is 0 Å². The highest BCUT2D eigenvalue weighted by Crippen LogP contribution is 2.48. The van der Waals surface area contributed by atoms with Crippen molar-refractivity contribution in [2.24, 2.45) is 17.8 Å². The number of carbonyl (C=O) groups excluding carboxylic acids is 2. The molecule has 4 rings (SSSR count). The van der Waals surface area contributed by atoms with Crippen LogP contribution in [0.3, 0.4) is 0 Å².